The van der Waals surface area contributed by atoms with Crippen LogP contribution < -0.4 is 11.2 Å². The lowest BCUT2D eigenvalue weighted by atomic mass is 9.73. The monoisotopic (exact) mass is 207 g/mol. The first-order chi connectivity index (χ1) is 6.93. The Morgan fingerprint density at radius 1 is 1.67 bits per heavy atom. The zero-order chi connectivity index (χ0) is 11.2. The summed E-state index contributed by atoms with van der Waals surface area (Å²) >= 11 is 0. The van der Waals surface area contributed by atoms with Crippen LogP contribution in [0.3, 0.4) is 0 Å². The Bertz CT molecular complexity index is 357. The molecule has 2 unspecified atom stereocenters. The summed E-state index contributed by atoms with van der Waals surface area (Å²) in [5, 5.41) is 4.05. The standard InChI is InChI=1S/C11H17N3O/c1-6-8-4-7(11(6,2)3)5-9(8)13-14-10(12)15/h7-8H,1,4-5H2,2-3H3,(H3,12,14,15). The number of hydrogen-bond donors (Lipinski definition) is 2. The molecule has 2 aliphatic carbocycles. The molecule has 2 rings (SSSR count). The molecule has 0 radical (unpaired) electrons. The Kier molecular flexibility index (Phi) is 2.10. The summed E-state index contributed by atoms with van der Waals surface area (Å²) in [5.41, 5.74) is 9.77. The van der Waals surface area contributed by atoms with Gasteiger partial charge in [0.25, 0.3) is 0 Å². The van der Waals surface area contributed by atoms with Crippen LogP contribution in [0.15, 0.2) is 17.3 Å². The van der Waals surface area contributed by atoms with Crippen molar-refractivity contribution in [2.75, 3.05) is 0 Å². The second kappa shape index (κ2) is 3.08. The lowest BCUT2D eigenvalue weighted by Gasteiger charge is -2.32. The largest absolute Gasteiger partial charge is 0.350 e. The fraction of sp³-hybridized carbons (Fsp3) is 0.636. The van der Waals surface area contributed by atoms with Gasteiger partial charge in [-0.1, -0.05) is 26.0 Å². The predicted molar refractivity (Wildman–Crippen MR) is 59.3 cm³/mol. The summed E-state index contributed by atoms with van der Waals surface area (Å²) in [4.78, 5) is 10.6. The molecule has 2 saturated carbocycles. The van der Waals surface area contributed by atoms with E-state index >= 15 is 0 Å². The van der Waals surface area contributed by atoms with Crippen molar-refractivity contribution in [3.63, 3.8) is 0 Å². The minimum atomic E-state index is -0.602. The van der Waals surface area contributed by atoms with Crippen molar-refractivity contribution in [1.29, 1.82) is 0 Å². The lowest BCUT2D eigenvalue weighted by Crippen LogP contribution is -2.31. The Hall–Kier alpha value is -1.32. The fourth-order valence-corrected chi connectivity index (χ4v) is 2.75. The number of hydrazone groups is 1. The summed E-state index contributed by atoms with van der Waals surface area (Å²) < 4.78 is 0. The van der Waals surface area contributed by atoms with Crippen molar-refractivity contribution in [1.82, 2.24) is 5.43 Å². The number of allylic oxidation sites excluding steroid dienone is 1. The molecule has 0 aromatic rings. The van der Waals surface area contributed by atoms with Gasteiger partial charge in [-0.05, 0) is 24.2 Å². The highest BCUT2D eigenvalue weighted by molar-refractivity contribution is 5.94. The number of nitrogens with one attached hydrogen (secondary N) is 1. The first-order valence-corrected chi connectivity index (χ1v) is 5.24. The topological polar surface area (TPSA) is 67.5 Å². The van der Waals surface area contributed by atoms with Gasteiger partial charge in [-0.15, -0.1) is 0 Å². The molecule has 3 N–H and O–H groups in total. The average Bonchev–Trinajstić information content (AvgIpc) is 2.64. The minimum Gasteiger partial charge on any atom is -0.350 e. The van der Waals surface area contributed by atoms with E-state index in [0.717, 1.165) is 18.6 Å². The number of fused-ring (bicyclic) bond motifs is 2. The second-order valence-corrected chi connectivity index (χ2v) is 5.02. The minimum absolute atomic E-state index is 0.219. The molecular weight excluding hydrogens is 190 g/mol. The molecule has 82 valence electrons. The number of urea groups is 1. The van der Waals surface area contributed by atoms with E-state index in [2.05, 4.69) is 31.0 Å². The Morgan fingerprint density at radius 3 is 2.80 bits per heavy atom. The van der Waals surface area contributed by atoms with Gasteiger partial charge in [0.1, 0.15) is 0 Å². The second-order valence-electron chi connectivity index (χ2n) is 5.02. The number of carbonyl (C=O) groups excluding carboxylic acids is 1. The van der Waals surface area contributed by atoms with Crippen LogP contribution in [-0.4, -0.2) is 11.7 Å². The predicted octanol–water partition coefficient (Wildman–Crippen LogP) is 1.63. The first kappa shape index (κ1) is 10.2. The van der Waals surface area contributed by atoms with Gasteiger partial charge in [0.15, 0.2) is 0 Å². The van der Waals surface area contributed by atoms with Crippen molar-refractivity contribution in [2.24, 2.45) is 28.1 Å². The first-order valence-electron chi connectivity index (χ1n) is 5.24. The van der Waals surface area contributed by atoms with E-state index in [1.165, 1.54) is 5.57 Å². The Morgan fingerprint density at radius 2 is 2.33 bits per heavy atom. The molecule has 0 spiro atoms. The molecule has 2 bridgehead atoms. The van der Waals surface area contributed by atoms with E-state index in [0.29, 0.717) is 11.8 Å². The van der Waals surface area contributed by atoms with Crippen LogP contribution in [-0.2, 0) is 0 Å². The van der Waals surface area contributed by atoms with Gasteiger partial charge < -0.3 is 5.73 Å². The zero-order valence-corrected chi connectivity index (χ0v) is 9.21. The molecular formula is C11H17N3O. The van der Waals surface area contributed by atoms with Crippen molar-refractivity contribution in [3.8, 4) is 0 Å². The molecule has 15 heavy (non-hydrogen) atoms. The number of hydrogen-bond acceptors (Lipinski definition) is 2. The van der Waals surface area contributed by atoms with Crippen molar-refractivity contribution < 1.29 is 4.79 Å². The fourth-order valence-electron chi connectivity index (χ4n) is 2.75. The SMILES string of the molecule is C=C1C2CC(CC2=NNC(N)=O)C1(C)C. The summed E-state index contributed by atoms with van der Waals surface area (Å²) in [5.74, 6) is 0.959. The Labute approximate surface area is 89.6 Å². The average molecular weight is 207 g/mol. The summed E-state index contributed by atoms with van der Waals surface area (Å²) in [6, 6.07) is -0.602. The van der Waals surface area contributed by atoms with E-state index in [4.69, 9.17) is 5.73 Å². The van der Waals surface area contributed by atoms with Crippen LogP contribution in [0.2, 0.25) is 0 Å². The molecule has 0 aliphatic heterocycles. The molecule has 0 aromatic carbocycles. The van der Waals surface area contributed by atoms with Crippen molar-refractivity contribution >= 4 is 11.7 Å². The number of nitrogens with zero attached hydrogens (tertiary/aromatic N) is 1. The highest BCUT2D eigenvalue weighted by Crippen LogP contribution is 2.56. The molecule has 4 nitrogen and oxygen atoms in total. The molecule has 0 saturated heterocycles. The number of amides is 2. The third kappa shape index (κ3) is 1.44. The van der Waals surface area contributed by atoms with E-state index in [-0.39, 0.29) is 5.41 Å². The quantitative estimate of drug-likeness (QED) is 0.498. The highest BCUT2D eigenvalue weighted by atomic mass is 16.2. The van der Waals surface area contributed by atoms with Crippen LogP contribution in [0.5, 0.6) is 0 Å². The molecule has 0 aromatic heterocycles. The summed E-state index contributed by atoms with van der Waals surface area (Å²) in [6.45, 7) is 8.61. The molecule has 4 heteroatoms. The maximum atomic E-state index is 10.6. The van der Waals surface area contributed by atoms with E-state index in [1.54, 1.807) is 0 Å². The van der Waals surface area contributed by atoms with Gasteiger partial charge in [-0.25, -0.2) is 10.2 Å². The van der Waals surface area contributed by atoms with Gasteiger partial charge in [0, 0.05) is 11.6 Å². The van der Waals surface area contributed by atoms with Crippen molar-refractivity contribution in [2.45, 2.75) is 26.7 Å². The molecule has 2 fully saturated rings. The van der Waals surface area contributed by atoms with Gasteiger partial charge in [0.05, 0.1) is 0 Å². The molecule has 2 amide bonds. The van der Waals surface area contributed by atoms with Gasteiger partial charge in [-0.2, -0.15) is 5.10 Å². The number of rotatable bonds is 1. The molecule has 2 atom stereocenters. The highest BCUT2D eigenvalue weighted by Gasteiger charge is 2.51. The maximum absolute atomic E-state index is 10.6. The van der Waals surface area contributed by atoms with Crippen LogP contribution in [0.1, 0.15) is 26.7 Å². The van der Waals surface area contributed by atoms with Crippen LogP contribution >= 0.6 is 0 Å². The number of nitrogens with two attached hydrogens (primary N) is 1. The summed E-state index contributed by atoms with van der Waals surface area (Å²) in [7, 11) is 0. The normalized spacial score (nSPS) is 34.8. The smallest absolute Gasteiger partial charge is 0.332 e. The lowest BCUT2D eigenvalue weighted by molar-refractivity contribution is 0.249. The van der Waals surface area contributed by atoms with Crippen LogP contribution in [0.25, 0.3) is 0 Å². The summed E-state index contributed by atoms with van der Waals surface area (Å²) in [6.07, 6.45) is 2.07. The third-order valence-electron chi connectivity index (χ3n) is 3.96. The zero-order valence-electron chi connectivity index (χ0n) is 9.21. The van der Waals surface area contributed by atoms with Crippen LogP contribution in [0, 0.1) is 17.3 Å². The maximum Gasteiger partial charge on any atom is 0.332 e. The molecule has 0 heterocycles. The molecule has 2 aliphatic rings. The van der Waals surface area contributed by atoms with Crippen LogP contribution in [0.4, 0.5) is 4.79 Å². The van der Waals surface area contributed by atoms with Gasteiger partial charge >= 0.3 is 6.03 Å². The van der Waals surface area contributed by atoms with E-state index < -0.39 is 6.03 Å². The Balaban J connectivity index is 2.15. The van der Waals surface area contributed by atoms with Gasteiger partial charge in [-0.3, -0.25) is 0 Å². The van der Waals surface area contributed by atoms with Gasteiger partial charge in [0.2, 0.25) is 0 Å². The van der Waals surface area contributed by atoms with E-state index in [1.807, 2.05) is 0 Å². The van der Waals surface area contributed by atoms with Crippen molar-refractivity contribution in [3.05, 3.63) is 12.2 Å². The third-order valence-corrected chi connectivity index (χ3v) is 3.96. The van der Waals surface area contributed by atoms with E-state index in [9.17, 15) is 4.79 Å². The number of primary amides is 1. The number of carbonyl (C=O) groups is 1.